The van der Waals surface area contributed by atoms with Crippen molar-refractivity contribution in [1.82, 2.24) is 14.5 Å². The summed E-state index contributed by atoms with van der Waals surface area (Å²) in [5.74, 6) is 0.265. The van der Waals surface area contributed by atoms with Crippen molar-refractivity contribution in [2.24, 2.45) is 0 Å². The van der Waals surface area contributed by atoms with Crippen molar-refractivity contribution in [3.05, 3.63) is 24.2 Å². The molecule has 112 valence electrons. The van der Waals surface area contributed by atoms with E-state index in [1.165, 1.54) is 6.26 Å². The maximum absolute atomic E-state index is 12.0. The Bertz CT molecular complexity index is 533. The third-order valence-electron chi connectivity index (χ3n) is 3.18. The highest BCUT2D eigenvalue weighted by Gasteiger charge is 2.23. The maximum Gasteiger partial charge on any atom is 0.289 e. The summed E-state index contributed by atoms with van der Waals surface area (Å²) in [5.41, 5.74) is 0. The van der Waals surface area contributed by atoms with Crippen molar-refractivity contribution in [3.63, 3.8) is 0 Å². The van der Waals surface area contributed by atoms with Crippen molar-refractivity contribution in [1.29, 1.82) is 0 Å². The molecule has 1 aliphatic rings. The molecule has 20 heavy (non-hydrogen) atoms. The first-order valence-electron chi connectivity index (χ1n) is 6.45. The highest BCUT2D eigenvalue weighted by atomic mass is 32.2. The Morgan fingerprint density at radius 2 is 2.05 bits per heavy atom. The van der Waals surface area contributed by atoms with Crippen LogP contribution in [0.25, 0.3) is 0 Å². The van der Waals surface area contributed by atoms with E-state index in [0.717, 1.165) is 19.3 Å². The average molecular weight is 301 g/mol. The van der Waals surface area contributed by atoms with Gasteiger partial charge in [0, 0.05) is 39.3 Å². The third-order valence-corrected chi connectivity index (χ3v) is 3.91. The van der Waals surface area contributed by atoms with Crippen LogP contribution in [0.1, 0.15) is 10.6 Å². The number of piperazine rings is 1. The molecule has 2 rings (SSSR count). The van der Waals surface area contributed by atoms with Gasteiger partial charge >= 0.3 is 0 Å². The Kier molecular flexibility index (Phi) is 4.79. The zero-order valence-electron chi connectivity index (χ0n) is 11.4. The number of rotatable bonds is 5. The molecule has 0 atom stereocenters. The van der Waals surface area contributed by atoms with E-state index in [2.05, 4.69) is 9.62 Å². The molecule has 8 heteroatoms. The molecule has 0 saturated carbocycles. The average Bonchev–Trinajstić information content (AvgIpc) is 2.91. The minimum Gasteiger partial charge on any atom is -0.459 e. The Balaban J connectivity index is 1.74. The van der Waals surface area contributed by atoms with E-state index in [0.29, 0.717) is 31.9 Å². The highest BCUT2D eigenvalue weighted by molar-refractivity contribution is 7.88. The number of carbonyl (C=O) groups is 1. The summed E-state index contributed by atoms with van der Waals surface area (Å²) in [7, 11) is -3.13. The Hall–Kier alpha value is -1.38. The lowest BCUT2D eigenvalue weighted by atomic mass is 10.3. The van der Waals surface area contributed by atoms with Crippen LogP contribution >= 0.6 is 0 Å². The molecule has 7 nitrogen and oxygen atoms in total. The second kappa shape index (κ2) is 6.38. The van der Waals surface area contributed by atoms with Crippen molar-refractivity contribution in [2.75, 3.05) is 45.5 Å². The van der Waals surface area contributed by atoms with Crippen LogP contribution in [0.3, 0.4) is 0 Å². The molecule has 1 aromatic rings. The number of nitrogens with one attached hydrogen (secondary N) is 1. The molecule has 1 saturated heterocycles. The lowest BCUT2D eigenvalue weighted by Crippen LogP contribution is -2.50. The van der Waals surface area contributed by atoms with Gasteiger partial charge in [-0.15, -0.1) is 0 Å². The van der Waals surface area contributed by atoms with Gasteiger partial charge < -0.3 is 9.32 Å². The molecule has 1 fully saturated rings. The zero-order valence-corrected chi connectivity index (χ0v) is 12.2. The van der Waals surface area contributed by atoms with Crippen LogP contribution < -0.4 is 4.72 Å². The Labute approximate surface area is 118 Å². The third kappa shape index (κ3) is 4.32. The van der Waals surface area contributed by atoms with Gasteiger partial charge in [-0.1, -0.05) is 0 Å². The number of hydrogen-bond acceptors (Lipinski definition) is 5. The van der Waals surface area contributed by atoms with E-state index >= 15 is 0 Å². The molecule has 1 aromatic heterocycles. The van der Waals surface area contributed by atoms with E-state index in [4.69, 9.17) is 4.42 Å². The second-order valence-electron chi connectivity index (χ2n) is 4.78. The summed E-state index contributed by atoms with van der Waals surface area (Å²) in [6.45, 7) is 3.76. The van der Waals surface area contributed by atoms with Crippen molar-refractivity contribution >= 4 is 15.9 Å². The Morgan fingerprint density at radius 3 is 2.60 bits per heavy atom. The monoisotopic (exact) mass is 301 g/mol. The van der Waals surface area contributed by atoms with Gasteiger partial charge in [0.1, 0.15) is 0 Å². The summed E-state index contributed by atoms with van der Waals surface area (Å²) < 4.78 is 29.5. The van der Waals surface area contributed by atoms with Gasteiger partial charge in [0.05, 0.1) is 12.5 Å². The minimum atomic E-state index is -3.13. The van der Waals surface area contributed by atoms with Gasteiger partial charge in [-0.25, -0.2) is 13.1 Å². The molecule has 0 aliphatic carbocycles. The number of nitrogens with zero attached hydrogens (tertiary/aromatic N) is 2. The van der Waals surface area contributed by atoms with Crippen molar-refractivity contribution in [3.8, 4) is 0 Å². The molecule has 0 radical (unpaired) electrons. The van der Waals surface area contributed by atoms with Crippen molar-refractivity contribution in [2.45, 2.75) is 0 Å². The van der Waals surface area contributed by atoms with E-state index in [1.807, 2.05) is 0 Å². The topological polar surface area (TPSA) is 82.9 Å². The largest absolute Gasteiger partial charge is 0.459 e. The molecule has 1 N–H and O–H groups in total. The molecule has 2 heterocycles. The van der Waals surface area contributed by atoms with Crippen LogP contribution in [0.15, 0.2) is 22.8 Å². The molecule has 1 aliphatic heterocycles. The molecular weight excluding hydrogens is 282 g/mol. The fraction of sp³-hybridized carbons (Fsp3) is 0.583. The van der Waals surface area contributed by atoms with E-state index < -0.39 is 10.0 Å². The molecule has 0 aromatic carbocycles. The summed E-state index contributed by atoms with van der Waals surface area (Å²) in [6, 6.07) is 3.35. The second-order valence-corrected chi connectivity index (χ2v) is 6.61. The number of furan rings is 1. The van der Waals surface area contributed by atoms with Crippen LogP contribution in [-0.4, -0.2) is 69.6 Å². The first kappa shape index (κ1) is 15.0. The summed E-state index contributed by atoms with van der Waals surface area (Å²) >= 11 is 0. The minimum absolute atomic E-state index is 0.0936. The molecule has 0 spiro atoms. The van der Waals surface area contributed by atoms with E-state index in [9.17, 15) is 13.2 Å². The molecule has 1 amide bonds. The molecule has 0 unspecified atom stereocenters. The molecule has 0 bridgehead atoms. The number of amides is 1. The quantitative estimate of drug-likeness (QED) is 0.799. The van der Waals surface area contributed by atoms with Crippen LogP contribution in [0, 0.1) is 0 Å². The predicted octanol–water partition coefficient (Wildman–Crippen LogP) is -0.413. The summed E-state index contributed by atoms with van der Waals surface area (Å²) in [5, 5.41) is 0. The number of sulfonamides is 1. The smallest absolute Gasteiger partial charge is 0.289 e. The van der Waals surface area contributed by atoms with Gasteiger partial charge in [0.25, 0.3) is 5.91 Å². The lowest BCUT2D eigenvalue weighted by molar-refractivity contribution is 0.0609. The summed E-state index contributed by atoms with van der Waals surface area (Å²) in [6.07, 6.45) is 2.63. The zero-order chi connectivity index (χ0) is 14.6. The SMILES string of the molecule is CS(=O)(=O)NCCN1CCN(C(=O)c2ccco2)CC1. The normalized spacial score (nSPS) is 17.4. The van der Waals surface area contributed by atoms with Crippen LogP contribution in [0.5, 0.6) is 0 Å². The number of hydrogen-bond donors (Lipinski definition) is 1. The first-order chi connectivity index (χ1) is 9.46. The van der Waals surface area contributed by atoms with Gasteiger partial charge in [0.2, 0.25) is 10.0 Å². The van der Waals surface area contributed by atoms with E-state index in [-0.39, 0.29) is 5.91 Å². The van der Waals surface area contributed by atoms with E-state index in [1.54, 1.807) is 17.0 Å². The standard InChI is InChI=1S/C12H19N3O4S/c1-20(17,18)13-4-5-14-6-8-15(9-7-14)12(16)11-3-2-10-19-11/h2-3,10,13H,4-9H2,1H3. The van der Waals surface area contributed by atoms with Crippen LogP contribution in [0.4, 0.5) is 0 Å². The maximum atomic E-state index is 12.0. The Morgan fingerprint density at radius 1 is 1.35 bits per heavy atom. The fourth-order valence-corrected chi connectivity index (χ4v) is 2.58. The van der Waals surface area contributed by atoms with Gasteiger partial charge in [-0.3, -0.25) is 9.69 Å². The number of carbonyl (C=O) groups excluding carboxylic acids is 1. The molecular formula is C12H19N3O4S. The first-order valence-corrected chi connectivity index (χ1v) is 8.34. The highest BCUT2D eigenvalue weighted by Crippen LogP contribution is 2.08. The van der Waals surface area contributed by atoms with Crippen molar-refractivity contribution < 1.29 is 17.6 Å². The van der Waals surface area contributed by atoms with Gasteiger partial charge in [0.15, 0.2) is 5.76 Å². The van der Waals surface area contributed by atoms with Crippen LogP contribution in [0.2, 0.25) is 0 Å². The van der Waals surface area contributed by atoms with Crippen LogP contribution in [-0.2, 0) is 10.0 Å². The fourth-order valence-electron chi connectivity index (χ4n) is 2.12. The van der Waals surface area contributed by atoms with Gasteiger partial charge in [-0.05, 0) is 12.1 Å². The predicted molar refractivity (Wildman–Crippen MR) is 73.9 cm³/mol. The summed E-state index contributed by atoms with van der Waals surface area (Å²) in [4.78, 5) is 15.9. The lowest BCUT2D eigenvalue weighted by Gasteiger charge is -2.34. The van der Waals surface area contributed by atoms with Gasteiger partial charge in [-0.2, -0.15) is 0 Å².